The van der Waals surface area contributed by atoms with Gasteiger partial charge in [0.1, 0.15) is 0 Å². The Bertz CT molecular complexity index is 622. The van der Waals surface area contributed by atoms with E-state index in [2.05, 4.69) is 6.92 Å². The SMILES string of the molecule is CCCCCC1CCC(C2CCC(c3ccc(C(F)C(F)(F)CCC)cc3)CC2)CC1. The molecule has 0 nitrogen and oxygen atoms in total. The Balaban J connectivity index is 1.45. The van der Waals surface area contributed by atoms with Crippen molar-refractivity contribution in [2.75, 3.05) is 0 Å². The molecule has 2 aliphatic rings. The highest BCUT2D eigenvalue weighted by Gasteiger charge is 2.40. The molecule has 0 aromatic heterocycles. The molecule has 1 unspecified atom stereocenters. The fourth-order valence-corrected chi connectivity index (χ4v) is 6.20. The summed E-state index contributed by atoms with van der Waals surface area (Å²) in [6, 6.07) is 6.98. The summed E-state index contributed by atoms with van der Waals surface area (Å²) in [6.07, 6.45) is 13.9. The topological polar surface area (TPSA) is 0 Å². The zero-order valence-electron chi connectivity index (χ0n) is 19.7. The van der Waals surface area contributed by atoms with Crippen LogP contribution in [-0.2, 0) is 0 Å². The van der Waals surface area contributed by atoms with Gasteiger partial charge in [-0.1, -0.05) is 83.1 Å². The zero-order chi connectivity index (χ0) is 22.3. The van der Waals surface area contributed by atoms with Gasteiger partial charge in [0, 0.05) is 6.42 Å². The van der Waals surface area contributed by atoms with Crippen molar-refractivity contribution < 1.29 is 13.2 Å². The van der Waals surface area contributed by atoms with E-state index in [9.17, 15) is 13.2 Å². The molecule has 2 fully saturated rings. The highest BCUT2D eigenvalue weighted by molar-refractivity contribution is 5.28. The first-order valence-corrected chi connectivity index (χ1v) is 13.1. The lowest BCUT2D eigenvalue weighted by Crippen LogP contribution is -2.25. The summed E-state index contributed by atoms with van der Waals surface area (Å²) in [7, 11) is 0. The molecule has 2 saturated carbocycles. The van der Waals surface area contributed by atoms with Gasteiger partial charge in [0.2, 0.25) is 0 Å². The van der Waals surface area contributed by atoms with Crippen LogP contribution < -0.4 is 0 Å². The van der Waals surface area contributed by atoms with E-state index in [4.69, 9.17) is 0 Å². The number of hydrogen-bond acceptors (Lipinski definition) is 0. The van der Waals surface area contributed by atoms with Crippen molar-refractivity contribution in [3.05, 3.63) is 35.4 Å². The van der Waals surface area contributed by atoms with Crippen LogP contribution in [0.5, 0.6) is 0 Å². The molecular formula is C28H43F3. The standard InChI is InChI=1S/C28H43F3/c1-3-5-6-7-21-8-10-22(11-9-21)23-12-14-24(15-13-23)25-16-18-26(19-17-25)27(29)28(30,31)20-4-2/h16-19,21-24,27H,3-15,20H2,1-2H3. The van der Waals surface area contributed by atoms with E-state index in [-0.39, 0.29) is 12.0 Å². The molecular weight excluding hydrogens is 393 g/mol. The summed E-state index contributed by atoms with van der Waals surface area (Å²) in [4.78, 5) is 0. The second kappa shape index (κ2) is 11.8. The first kappa shape index (κ1) is 24.6. The molecule has 0 bridgehead atoms. The maximum absolute atomic E-state index is 14.3. The average molecular weight is 437 g/mol. The van der Waals surface area contributed by atoms with Gasteiger partial charge < -0.3 is 0 Å². The molecule has 0 aliphatic heterocycles. The number of halogens is 3. The molecule has 31 heavy (non-hydrogen) atoms. The third-order valence-corrected chi connectivity index (χ3v) is 8.20. The van der Waals surface area contributed by atoms with Gasteiger partial charge in [-0.15, -0.1) is 0 Å². The van der Waals surface area contributed by atoms with E-state index in [1.54, 1.807) is 19.1 Å². The van der Waals surface area contributed by atoms with Gasteiger partial charge in [-0.25, -0.2) is 13.2 Å². The van der Waals surface area contributed by atoms with Crippen molar-refractivity contribution in [3.63, 3.8) is 0 Å². The molecule has 0 saturated heterocycles. The van der Waals surface area contributed by atoms with Gasteiger partial charge in [-0.2, -0.15) is 0 Å². The number of alkyl halides is 3. The first-order valence-electron chi connectivity index (χ1n) is 13.1. The van der Waals surface area contributed by atoms with E-state index in [1.165, 1.54) is 82.6 Å². The molecule has 0 N–H and O–H groups in total. The van der Waals surface area contributed by atoms with Crippen molar-refractivity contribution in [2.24, 2.45) is 17.8 Å². The van der Waals surface area contributed by atoms with Crippen LogP contribution in [-0.4, -0.2) is 5.92 Å². The Morgan fingerprint density at radius 2 is 1.39 bits per heavy atom. The van der Waals surface area contributed by atoms with Crippen LogP contribution in [0, 0.1) is 17.8 Å². The summed E-state index contributed by atoms with van der Waals surface area (Å²) in [5.74, 6) is -0.0101. The van der Waals surface area contributed by atoms with E-state index in [1.807, 2.05) is 12.1 Å². The maximum Gasteiger partial charge on any atom is 0.282 e. The highest BCUT2D eigenvalue weighted by atomic mass is 19.3. The molecule has 3 heteroatoms. The van der Waals surface area contributed by atoms with E-state index in [0.29, 0.717) is 5.92 Å². The summed E-state index contributed by atoms with van der Waals surface area (Å²) < 4.78 is 42.1. The lowest BCUT2D eigenvalue weighted by Gasteiger charge is -2.38. The summed E-state index contributed by atoms with van der Waals surface area (Å²) in [6.45, 7) is 3.95. The molecule has 3 rings (SSSR count). The van der Waals surface area contributed by atoms with Crippen molar-refractivity contribution in [1.82, 2.24) is 0 Å². The smallest absolute Gasteiger partial charge is 0.236 e. The van der Waals surface area contributed by atoms with Gasteiger partial charge in [0.05, 0.1) is 0 Å². The number of rotatable bonds is 10. The fourth-order valence-electron chi connectivity index (χ4n) is 6.20. The van der Waals surface area contributed by atoms with E-state index < -0.39 is 18.5 Å². The molecule has 2 aliphatic carbocycles. The molecule has 0 amide bonds. The second-order valence-corrected chi connectivity index (χ2v) is 10.4. The van der Waals surface area contributed by atoms with Crippen LogP contribution in [0.2, 0.25) is 0 Å². The molecule has 0 radical (unpaired) electrons. The minimum absolute atomic E-state index is 0.117. The van der Waals surface area contributed by atoms with Crippen LogP contribution in [0.1, 0.15) is 127 Å². The predicted molar refractivity (Wildman–Crippen MR) is 124 cm³/mol. The number of unbranched alkanes of at least 4 members (excludes halogenated alkanes) is 2. The van der Waals surface area contributed by atoms with Crippen molar-refractivity contribution in [1.29, 1.82) is 0 Å². The Morgan fingerprint density at radius 3 is 1.94 bits per heavy atom. The van der Waals surface area contributed by atoms with Gasteiger partial charge in [-0.3, -0.25) is 0 Å². The van der Waals surface area contributed by atoms with Crippen LogP contribution in [0.25, 0.3) is 0 Å². The molecule has 1 aromatic rings. The van der Waals surface area contributed by atoms with Gasteiger partial charge in [0.15, 0.2) is 6.17 Å². The van der Waals surface area contributed by atoms with E-state index in [0.717, 1.165) is 17.8 Å². The second-order valence-electron chi connectivity index (χ2n) is 10.4. The van der Waals surface area contributed by atoms with Gasteiger partial charge >= 0.3 is 0 Å². The maximum atomic E-state index is 14.3. The third-order valence-electron chi connectivity index (χ3n) is 8.20. The number of benzene rings is 1. The lowest BCUT2D eigenvalue weighted by molar-refractivity contribution is -0.0807. The van der Waals surface area contributed by atoms with Crippen molar-refractivity contribution in [2.45, 2.75) is 122 Å². The van der Waals surface area contributed by atoms with Crippen molar-refractivity contribution >= 4 is 0 Å². The summed E-state index contributed by atoms with van der Waals surface area (Å²) in [5.41, 5.74) is 1.32. The Labute approximate surface area is 188 Å². The molecule has 1 atom stereocenters. The largest absolute Gasteiger partial charge is 0.282 e. The van der Waals surface area contributed by atoms with Crippen LogP contribution in [0.4, 0.5) is 13.2 Å². The minimum atomic E-state index is -3.27. The Kier molecular flexibility index (Phi) is 9.34. The zero-order valence-corrected chi connectivity index (χ0v) is 19.7. The Morgan fingerprint density at radius 1 is 0.806 bits per heavy atom. The summed E-state index contributed by atoms with van der Waals surface area (Å²) >= 11 is 0. The lowest BCUT2D eigenvalue weighted by atomic mass is 9.68. The van der Waals surface area contributed by atoms with Crippen LogP contribution >= 0.6 is 0 Å². The molecule has 0 spiro atoms. The highest BCUT2D eigenvalue weighted by Crippen LogP contribution is 2.45. The van der Waals surface area contributed by atoms with Crippen molar-refractivity contribution in [3.8, 4) is 0 Å². The Hall–Kier alpha value is -0.990. The van der Waals surface area contributed by atoms with Crippen LogP contribution in [0.15, 0.2) is 24.3 Å². The molecule has 176 valence electrons. The predicted octanol–water partition coefficient (Wildman–Crippen LogP) is 9.79. The average Bonchev–Trinajstić information content (AvgIpc) is 2.79. The number of hydrogen-bond donors (Lipinski definition) is 0. The monoisotopic (exact) mass is 436 g/mol. The minimum Gasteiger partial charge on any atom is -0.236 e. The normalized spacial score (nSPS) is 28.4. The molecule has 0 heterocycles. The van der Waals surface area contributed by atoms with Gasteiger partial charge in [0.25, 0.3) is 5.92 Å². The van der Waals surface area contributed by atoms with E-state index >= 15 is 0 Å². The quantitative estimate of drug-likeness (QED) is 0.320. The van der Waals surface area contributed by atoms with Gasteiger partial charge in [-0.05, 0) is 73.3 Å². The fraction of sp³-hybridized carbons (Fsp3) is 0.786. The first-order chi connectivity index (χ1) is 14.9. The third kappa shape index (κ3) is 6.75. The molecule has 1 aromatic carbocycles. The van der Waals surface area contributed by atoms with Crippen LogP contribution in [0.3, 0.4) is 0 Å². The summed E-state index contributed by atoms with van der Waals surface area (Å²) in [5, 5.41) is 0.